The van der Waals surface area contributed by atoms with Gasteiger partial charge in [0.15, 0.2) is 0 Å². The lowest BCUT2D eigenvalue weighted by molar-refractivity contribution is 0.713. The number of anilines is 1. The van der Waals surface area contributed by atoms with Gasteiger partial charge < -0.3 is 4.90 Å². The van der Waals surface area contributed by atoms with E-state index in [1.54, 1.807) is 17.7 Å². The highest BCUT2D eigenvalue weighted by molar-refractivity contribution is 7.16. The number of hydrogen-bond acceptors (Lipinski definition) is 4. The summed E-state index contributed by atoms with van der Waals surface area (Å²) in [6.45, 7) is 1.07. The van der Waals surface area contributed by atoms with Crippen LogP contribution < -0.4 is 4.90 Å². The summed E-state index contributed by atoms with van der Waals surface area (Å²) in [5.74, 6) is 1.09. The van der Waals surface area contributed by atoms with Crippen molar-refractivity contribution < 1.29 is 0 Å². The van der Waals surface area contributed by atoms with Gasteiger partial charge in [0.2, 0.25) is 0 Å². The monoisotopic (exact) mass is 281 g/mol. The second-order valence-corrected chi connectivity index (χ2v) is 5.99. The minimum Gasteiger partial charge on any atom is -0.349 e. The molecule has 0 saturated carbocycles. The Morgan fingerprint density at radius 1 is 1.10 bits per heavy atom. The molecule has 0 radical (unpaired) electrons. The normalized spacial score (nSPS) is 18.8. The van der Waals surface area contributed by atoms with Crippen LogP contribution in [0.15, 0.2) is 48.1 Å². The number of aromatic nitrogens is 2. The Morgan fingerprint density at radius 3 is 2.90 bits per heavy atom. The number of rotatable bonds is 2. The average Bonchev–Trinajstić information content (AvgIpc) is 3.16. The van der Waals surface area contributed by atoms with Crippen molar-refractivity contribution in [3.63, 3.8) is 0 Å². The molecule has 1 saturated heterocycles. The molecule has 3 aromatic rings. The minimum atomic E-state index is 0.439. The second-order valence-electron chi connectivity index (χ2n) is 5.10. The molecule has 1 aliphatic heterocycles. The van der Waals surface area contributed by atoms with E-state index >= 15 is 0 Å². The van der Waals surface area contributed by atoms with E-state index in [2.05, 4.69) is 56.6 Å². The van der Waals surface area contributed by atoms with Crippen molar-refractivity contribution in [2.24, 2.45) is 0 Å². The molecular formula is C16H15N3S. The third-order valence-corrected chi connectivity index (χ3v) is 4.77. The number of hydrogen-bond donors (Lipinski definition) is 0. The average molecular weight is 281 g/mol. The molecule has 0 aliphatic carbocycles. The molecule has 3 nitrogen and oxygen atoms in total. The Hall–Kier alpha value is -1.94. The summed E-state index contributed by atoms with van der Waals surface area (Å²) in [5.41, 5.74) is 1.38. The Balaban J connectivity index is 1.79. The lowest BCUT2D eigenvalue weighted by Gasteiger charge is -2.26. The van der Waals surface area contributed by atoms with Crippen LogP contribution in [0.4, 0.5) is 5.82 Å². The van der Waals surface area contributed by atoms with Gasteiger partial charge in [-0.05, 0) is 29.9 Å². The fourth-order valence-corrected chi connectivity index (χ4v) is 3.78. The summed E-state index contributed by atoms with van der Waals surface area (Å²) in [5, 5.41) is 3.27. The largest absolute Gasteiger partial charge is 0.349 e. The van der Waals surface area contributed by atoms with Gasteiger partial charge in [0.05, 0.1) is 11.4 Å². The Morgan fingerprint density at radius 2 is 2.00 bits per heavy atom. The maximum absolute atomic E-state index is 4.56. The molecule has 100 valence electrons. The Labute approximate surface area is 121 Å². The maximum Gasteiger partial charge on any atom is 0.141 e. The molecule has 1 atom stereocenters. The van der Waals surface area contributed by atoms with Crippen molar-refractivity contribution in [1.82, 2.24) is 9.97 Å². The van der Waals surface area contributed by atoms with Gasteiger partial charge in [-0.3, -0.25) is 0 Å². The van der Waals surface area contributed by atoms with Crippen LogP contribution in [0.2, 0.25) is 0 Å². The molecule has 0 bridgehead atoms. The van der Waals surface area contributed by atoms with Crippen LogP contribution >= 0.6 is 11.3 Å². The lowest BCUT2D eigenvalue weighted by Crippen LogP contribution is -2.23. The zero-order valence-corrected chi connectivity index (χ0v) is 11.9. The molecule has 1 aromatic carbocycles. The third-order valence-electron chi connectivity index (χ3n) is 3.95. The molecule has 0 unspecified atom stereocenters. The maximum atomic E-state index is 4.56. The van der Waals surface area contributed by atoms with Gasteiger partial charge in [-0.1, -0.05) is 30.3 Å². The van der Waals surface area contributed by atoms with Crippen LogP contribution in [0.25, 0.3) is 10.2 Å². The van der Waals surface area contributed by atoms with Crippen LogP contribution in [-0.2, 0) is 0 Å². The van der Waals surface area contributed by atoms with E-state index in [-0.39, 0.29) is 0 Å². The van der Waals surface area contributed by atoms with E-state index in [0.717, 1.165) is 17.2 Å². The van der Waals surface area contributed by atoms with Crippen LogP contribution in [0.3, 0.4) is 0 Å². The molecule has 4 heteroatoms. The van der Waals surface area contributed by atoms with Crippen LogP contribution in [0, 0.1) is 0 Å². The van der Waals surface area contributed by atoms with Gasteiger partial charge in [0.25, 0.3) is 0 Å². The molecule has 0 spiro atoms. The van der Waals surface area contributed by atoms with Gasteiger partial charge in [0, 0.05) is 6.54 Å². The summed E-state index contributed by atoms with van der Waals surface area (Å²) in [4.78, 5) is 12.4. The molecular weight excluding hydrogens is 266 g/mol. The molecule has 1 fully saturated rings. The summed E-state index contributed by atoms with van der Waals surface area (Å²) in [6.07, 6.45) is 4.10. The van der Waals surface area contributed by atoms with Crippen LogP contribution in [0.1, 0.15) is 24.4 Å². The number of nitrogens with zero attached hydrogens (tertiary/aromatic N) is 3. The van der Waals surface area contributed by atoms with E-state index < -0.39 is 0 Å². The molecule has 2 aromatic heterocycles. The third kappa shape index (κ3) is 1.88. The number of thiophene rings is 1. The summed E-state index contributed by atoms with van der Waals surface area (Å²) < 4.78 is 0. The fourth-order valence-electron chi connectivity index (χ4n) is 3.05. The summed E-state index contributed by atoms with van der Waals surface area (Å²) in [7, 11) is 0. The quantitative estimate of drug-likeness (QED) is 0.710. The highest BCUT2D eigenvalue weighted by Crippen LogP contribution is 2.38. The first-order valence-corrected chi connectivity index (χ1v) is 7.81. The van der Waals surface area contributed by atoms with E-state index in [9.17, 15) is 0 Å². The van der Waals surface area contributed by atoms with Crippen molar-refractivity contribution in [1.29, 1.82) is 0 Å². The standard InChI is InChI=1S/C16H15N3S/c1-2-5-12(6-3-1)14-7-4-9-19(14)15-13-8-10-20-16(13)18-11-17-15/h1-3,5-6,8,10-11,14H,4,7,9H2/t14-/m1/s1. The lowest BCUT2D eigenvalue weighted by atomic mass is 10.0. The van der Waals surface area contributed by atoms with Gasteiger partial charge in [-0.25, -0.2) is 9.97 Å². The zero-order valence-electron chi connectivity index (χ0n) is 11.1. The predicted octanol–water partition coefficient (Wildman–Crippen LogP) is 4.03. The number of fused-ring (bicyclic) bond motifs is 1. The van der Waals surface area contributed by atoms with Crippen LogP contribution in [0.5, 0.6) is 0 Å². The van der Waals surface area contributed by atoms with E-state index in [1.807, 2.05) is 0 Å². The first-order valence-electron chi connectivity index (χ1n) is 6.93. The van der Waals surface area contributed by atoms with Gasteiger partial charge in [0.1, 0.15) is 17.0 Å². The molecule has 3 heterocycles. The molecule has 0 amide bonds. The highest BCUT2D eigenvalue weighted by Gasteiger charge is 2.28. The van der Waals surface area contributed by atoms with Gasteiger partial charge in [-0.2, -0.15) is 0 Å². The number of benzene rings is 1. The first-order chi connectivity index (χ1) is 9.93. The molecule has 20 heavy (non-hydrogen) atoms. The molecule has 4 rings (SSSR count). The van der Waals surface area contributed by atoms with Crippen molar-refractivity contribution in [2.75, 3.05) is 11.4 Å². The molecule has 0 N–H and O–H groups in total. The van der Waals surface area contributed by atoms with E-state index in [4.69, 9.17) is 0 Å². The topological polar surface area (TPSA) is 29.0 Å². The van der Waals surface area contributed by atoms with Gasteiger partial charge in [-0.15, -0.1) is 11.3 Å². The summed E-state index contributed by atoms with van der Waals surface area (Å²) in [6, 6.07) is 13.3. The van der Waals surface area contributed by atoms with Gasteiger partial charge >= 0.3 is 0 Å². The highest BCUT2D eigenvalue weighted by atomic mass is 32.1. The SMILES string of the molecule is c1ccc([C@H]2CCCN2c2ncnc3sccc23)cc1. The van der Waals surface area contributed by atoms with Crippen LogP contribution in [-0.4, -0.2) is 16.5 Å². The zero-order chi connectivity index (χ0) is 13.4. The molecule has 1 aliphatic rings. The second kappa shape index (κ2) is 4.87. The Kier molecular flexibility index (Phi) is 2.89. The summed E-state index contributed by atoms with van der Waals surface area (Å²) >= 11 is 1.68. The van der Waals surface area contributed by atoms with Crippen molar-refractivity contribution in [3.8, 4) is 0 Å². The van der Waals surface area contributed by atoms with E-state index in [1.165, 1.54) is 23.8 Å². The van der Waals surface area contributed by atoms with E-state index in [0.29, 0.717) is 6.04 Å². The predicted molar refractivity (Wildman–Crippen MR) is 83.2 cm³/mol. The van der Waals surface area contributed by atoms with Crippen molar-refractivity contribution in [3.05, 3.63) is 53.7 Å². The Bertz CT molecular complexity index is 723. The smallest absolute Gasteiger partial charge is 0.141 e. The fraction of sp³-hybridized carbons (Fsp3) is 0.250. The van der Waals surface area contributed by atoms with Crippen molar-refractivity contribution in [2.45, 2.75) is 18.9 Å². The van der Waals surface area contributed by atoms with Crippen molar-refractivity contribution >= 4 is 27.4 Å². The first kappa shape index (κ1) is 11.9. The minimum absolute atomic E-state index is 0.439.